The standard InChI is InChI=1S/C30H51ClN2O6/c1-5-9-15-35-21-25-28(36-16-10-6-2)30(38-18-12-8-4)29(37-17-11-7-3)27(39-25)22-13-14-24(31)23(19-22)20-26(34)33-32/h13-14,19,25,27-30H,5-12,15-18,20-21,32H2,1-4H3,(H,33,34)/t25-,27+,28-,29+,30+/m1/s1. The van der Waals surface area contributed by atoms with Gasteiger partial charge in [0.25, 0.3) is 0 Å². The second-order valence-electron chi connectivity index (χ2n) is 10.2. The lowest BCUT2D eigenvalue weighted by Gasteiger charge is -2.46. The normalized spacial score (nSPS) is 23.2. The minimum atomic E-state index is -0.448. The predicted molar refractivity (Wildman–Crippen MR) is 155 cm³/mol. The summed E-state index contributed by atoms with van der Waals surface area (Å²) in [7, 11) is 0. The zero-order valence-electron chi connectivity index (χ0n) is 24.4. The molecule has 3 N–H and O–H groups in total. The average Bonchev–Trinajstić information content (AvgIpc) is 2.94. The third-order valence-corrected chi connectivity index (χ3v) is 7.26. The van der Waals surface area contributed by atoms with Gasteiger partial charge < -0.3 is 23.7 Å². The van der Waals surface area contributed by atoms with Crippen LogP contribution in [0.2, 0.25) is 5.02 Å². The van der Waals surface area contributed by atoms with Crippen molar-refractivity contribution >= 4 is 17.5 Å². The van der Waals surface area contributed by atoms with E-state index in [1.165, 1.54) is 0 Å². The number of ether oxygens (including phenoxy) is 5. The minimum absolute atomic E-state index is 0.0694. The summed E-state index contributed by atoms with van der Waals surface area (Å²) in [5.74, 6) is 5.02. The lowest BCUT2D eigenvalue weighted by atomic mass is 9.89. The first-order valence-corrected chi connectivity index (χ1v) is 15.2. The summed E-state index contributed by atoms with van der Waals surface area (Å²) in [5, 5.41) is 0.498. The van der Waals surface area contributed by atoms with Crippen LogP contribution in [0.3, 0.4) is 0 Å². The number of nitrogens with two attached hydrogens (primary N) is 1. The molecule has 224 valence electrons. The minimum Gasteiger partial charge on any atom is -0.379 e. The Morgan fingerprint density at radius 1 is 0.872 bits per heavy atom. The van der Waals surface area contributed by atoms with Gasteiger partial charge >= 0.3 is 0 Å². The fourth-order valence-corrected chi connectivity index (χ4v) is 4.74. The van der Waals surface area contributed by atoms with Crippen LogP contribution in [-0.4, -0.2) is 63.4 Å². The summed E-state index contributed by atoms with van der Waals surface area (Å²) >= 11 is 6.45. The van der Waals surface area contributed by atoms with Gasteiger partial charge in [-0.3, -0.25) is 10.2 Å². The van der Waals surface area contributed by atoms with Crippen molar-refractivity contribution in [3.05, 3.63) is 34.3 Å². The van der Waals surface area contributed by atoms with Gasteiger partial charge in [0.1, 0.15) is 30.5 Å². The maximum atomic E-state index is 12.0. The number of amides is 1. The van der Waals surface area contributed by atoms with E-state index in [2.05, 4.69) is 33.1 Å². The van der Waals surface area contributed by atoms with Gasteiger partial charge in [-0.25, -0.2) is 5.84 Å². The molecule has 39 heavy (non-hydrogen) atoms. The summed E-state index contributed by atoms with van der Waals surface area (Å²) in [6, 6.07) is 5.64. The molecule has 0 bridgehead atoms. The van der Waals surface area contributed by atoms with Gasteiger partial charge in [-0.2, -0.15) is 0 Å². The van der Waals surface area contributed by atoms with E-state index in [-0.39, 0.29) is 30.6 Å². The molecule has 1 aromatic carbocycles. The van der Waals surface area contributed by atoms with Crippen molar-refractivity contribution in [1.29, 1.82) is 0 Å². The summed E-state index contributed by atoms with van der Waals surface area (Å²) < 4.78 is 32.4. The van der Waals surface area contributed by atoms with Crippen LogP contribution in [-0.2, 0) is 34.9 Å². The SMILES string of the molecule is CCCCOC[C@H]1O[C@@H](c2ccc(Cl)c(CC(=O)NN)c2)[C@H](OCCCC)[C@@H](OCCCC)[C@@H]1OCCCC. The van der Waals surface area contributed by atoms with Crippen LogP contribution in [0.15, 0.2) is 18.2 Å². The maximum Gasteiger partial charge on any atom is 0.238 e. The van der Waals surface area contributed by atoms with Crippen LogP contribution in [0.5, 0.6) is 0 Å². The van der Waals surface area contributed by atoms with Gasteiger partial charge in [0, 0.05) is 31.5 Å². The van der Waals surface area contributed by atoms with Crippen LogP contribution < -0.4 is 11.3 Å². The summed E-state index contributed by atoms with van der Waals surface area (Å²) in [4.78, 5) is 12.0. The zero-order chi connectivity index (χ0) is 28.5. The highest BCUT2D eigenvalue weighted by Gasteiger charge is 2.48. The number of benzene rings is 1. The Labute approximate surface area is 240 Å². The molecular formula is C30H51ClN2O6. The van der Waals surface area contributed by atoms with Crippen molar-refractivity contribution in [2.45, 2.75) is 116 Å². The quantitative estimate of drug-likeness (QED) is 0.0899. The van der Waals surface area contributed by atoms with Crippen LogP contribution in [0.25, 0.3) is 0 Å². The van der Waals surface area contributed by atoms with Crippen molar-refractivity contribution in [2.75, 3.05) is 33.0 Å². The molecule has 0 saturated carbocycles. The fraction of sp³-hybridized carbons (Fsp3) is 0.767. The van der Waals surface area contributed by atoms with Crippen molar-refractivity contribution in [2.24, 2.45) is 5.84 Å². The largest absolute Gasteiger partial charge is 0.379 e. The molecular weight excluding hydrogens is 520 g/mol. The number of halogens is 1. The molecule has 1 fully saturated rings. The van der Waals surface area contributed by atoms with Crippen LogP contribution in [0, 0.1) is 0 Å². The Balaban J connectivity index is 2.47. The fourth-order valence-electron chi connectivity index (χ4n) is 4.56. The topological polar surface area (TPSA) is 101 Å². The molecule has 1 aromatic rings. The Morgan fingerprint density at radius 3 is 2.03 bits per heavy atom. The number of hydrogen-bond donors (Lipinski definition) is 2. The Bertz CT molecular complexity index is 814. The average molecular weight is 571 g/mol. The Kier molecular flexibility index (Phi) is 17.2. The van der Waals surface area contributed by atoms with Gasteiger partial charge in [-0.1, -0.05) is 77.1 Å². The van der Waals surface area contributed by atoms with Gasteiger partial charge in [0.15, 0.2) is 0 Å². The van der Waals surface area contributed by atoms with Gasteiger partial charge in [-0.15, -0.1) is 0 Å². The van der Waals surface area contributed by atoms with E-state index in [1.807, 2.05) is 12.1 Å². The first kappa shape index (κ1) is 33.9. The highest BCUT2D eigenvalue weighted by atomic mass is 35.5. The molecule has 0 radical (unpaired) electrons. The third-order valence-electron chi connectivity index (χ3n) is 6.89. The number of carbonyl (C=O) groups excluding carboxylic acids is 1. The molecule has 9 heteroatoms. The smallest absolute Gasteiger partial charge is 0.238 e. The monoisotopic (exact) mass is 570 g/mol. The Morgan fingerprint density at radius 2 is 1.44 bits per heavy atom. The lowest BCUT2D eigenvalue weighted by molar-refractivity contribution is -0.268. The first-order valence-electron chi connectivity index (χ1n) is 14.9. The van der Waals surface area contributed by atoms with Crippen LogP contribution in [0.1, 0.15) is 96.3 Å². The number of hydrazine groups is 1. The van der Waals surface area contributed by atoms with E-state index in [1.54, 1.807) is 6.07 Å². The molecule has 8 nitrogen and oxygen atoms in total. The van der Waals surface area contributed by atoms with Crippen molar-refractivity contribution in [3.8, 4) is 0 Å². The van der Waals surface area contributed by atoms with E-state index in [4.69, 9.17) is 41.1 Å². The lowest BCUT2D eigenvalue weighted by Crippen LogP contribution is -2.58. The van der Waals surface area contributed by atoms with Crippen molar-refractivity contribution in [3.63, 3.8) is 0 Å². The van der Waals surface area contributed by atoms with Gasteiger partial charge in [0.2, 0.25) is 5.91 Å². The molecule has 0 aliphatic carbocycles. The molecule has 1 aliphatic heterocycles. The summed E-state index contributed by atoms with van der Waals surface area (Å²) in [6.07, 6.45) is 6.18. The number of carbonyl (C=O) groups is 1. The number of rotatable bonds is 20. The van der Waals surface area contributed by atoms with E-state index in [0.717, 1.165) is 56.9 Å². The van der Waals surface area contributed by atoms with Gasteiger partial charge in [0.05, 0.1) is 13.0 Å². The highest BCUT2D eigenvalue weighted by Crippen LogP contribution is 2.38. The zero-order valence-corrected chi connectivity index (χ0v) is 25.2. The maximum absolute atomic E-state index is 12.0. The molecule has 1 heterocycles. The van der Waals surface area contributed by atoms with Crippen molar-refractivity contribution in [1.82, 2.24) is 5.43 Å². The molecule has 0 spiro atoms. The number of nitrogens with one attached hydrogen (secondary N) is 1. The van der Waals surface area contributed by atoms with Crippen molar-refractivity contribution < 1.29 is 28.5 Å². The molecule has 1 amide bonds. The summed E-state index contributed by atoms with van der Waals surface area (Å²) in [6.45, 7) is 11.5. The summed E-state index contributed by atoms with van der Waals surface area (Å²) in [5.41, 5.74) is 3.73. The first-order chi connectivity index (χ1) is 19.0. The van der Waals surface area contributed by atoms with E-state index < -0.39 is 12.2 Å². The Hall–Kier alpha value is -1.26. The second-order valence-corrected chi connectivity index (χ2v) is 10.6. The second kappa shape index (κ2) is 19.8. The molecule has 1 aliphatic rings. The molecule has 5 atom stereocenters. The van der Waals surface area contributed by atoms with Gasteiger partial charge in [-0.05, 0) is 42.9 Å². The van der Waals surface area contributed by atoms with Crippen LogP contribution >= 0.6 is 11.6 Å². The van der Waals surface area contributed by atoms with E-state index in [9.17, 15) is 4.79 Å². The third kappa shape index (κ3) is 11.3. The highest BCUT2D eigenvalue weighted by molar-refractivity contribution is 6.31. The number of hydrogen-bond acceptors (Lipinski definition) is 7. The van der Waals surface area contributed by atoms with Crippen LogP contribution in [0.4, 0.5) is 0 Å². The molecule has 2 rings (SSSR count). The number of unbranched alkanes of at least 4 members (excludes halogenated alkanes) is 4. The molecule has 0 unspecified atom stereocenters. The predicted octanol–water partition coefficient (Wildman–Crippen LogP) is 5.68. The van der Waals surface area contributed by atoms with E-state index >= 15 is 0 Å². The van der Waals surface area contributed by atoms with E-state index in [0.29, 0.717) is 43.6 Å². The molecule has 0 aromatic heterocycles. The molecule has 1 saturated heterocycles.